The highest BCUT2D eigenvalue weighted by atomic mass is 32.2. The quantitative estimate of drug-likeness (QED) is 0.211. The Morgan fingerprint density at radius 1 is 0.850 bits per heavy atom. The summed E-state index contributed by atoms with van der Waals surface area (Å²) >= 11 is 0.00181. The summed E-state index contributed by atoms with van der Waals surface area (Å²) in [7, 11) is 0. The monoisotopic (exact) mass is 552 g/mol. The van der Waals surface area contributed by atoms with E-state index in [1.165, 1.54) is 54.0 Å². The van der Waals surface area contributed by atoms with Crippen LogP contribution < -0.4 is 5.32 Å². The molecule has 6 rings (SSSR count). The van der Waals surface area contributed by atoms with E-state index in [1.807, 2.05) is 24.3 Å². The highest BCUT2D eigenvalue weighted by Crippen LogP contribution is 2.41. The predicted molar refractivity (Wildman–Crippen MR) is 170 cm³/mol. The zero-order valence-electron chi connectivity index (χ0n) is 23.7. The number of aryl methyl sites for hydroxylation is 1. The lowest BCUT2D eigenvalue weighted by molar-refractivity contribution is 0.0916. The Morgan fingerprint density at radius 3 is 2.40 bits per heavy atom. The molecule has 0 aliphatic heterocycles. The van der Waals surface area contributed by atoms with E-state index in [0.29, 0.717) is 5.92 Å². The van der Waals surface area contributed by atoms with E-state index in [4.69, 9.17) is 4.18 Å². The lowest BCUT2D eigenvalue weighted by atomic mass is 9.75. The molecule has 0 saturated heterocycles. The molecule has 3 nitrogen and oxygen atoms in total. The van der Waals surface area contributed by atoms with Gasteiger partial charge in [-0.1, -0.05) is 92.1 Å². The number of benzene rings is 4. The summed E-state index contributed by atoms with van der Waals surface area (Å²) in [5.41, 5.74) is 3.46. The van der Waals surface area contributed by atoms with Crippen LogP contribution in [-0.4, -0.2) is 24.5 Å². The molecular formula is C36H42NO2S+. The summed E-state index contributed by atoms with van der Waals surface area (Å²) in [6.07, 6.45) is 13.5. The first-order valence-corrected chi connectivity index (χ1v) is 16.9. The fourth-order valence-electron chi connectivity index (χ4n) is 6.99. The minimum absolute atomic E-state index is 0.00181. The molecule has 0 heterocycles. The molecule has 40 heavy (non-hydrogen) atoms. The standard InChI is InChI=1S/C36H41NO2S/c1-40(39-25-26-11-3-2-4-12-26)24-10-16-30-23-22-29-21-20-28-14-6-8-18-32(28)34(29)35(30)37-36(38)33-19-9-15-27-13-5-7-17-31(27)33/h5-9,13-15,17-21,26,30,35H,2-4,10-12,16,22-25H2,1H3/p+1/t30-,35-,40?/m0/s1. The van der Waals surface area contributed by atoms with Crippen LogP contribution in [0.4, 0.5) is 0 Å². The lowest BCUT2D eigenvalue weighted by Gasteiger charge is -2.35. The van der Waals surface area contributed by atoms with Gasteiger partial charge in [-0.3, -0.25) is 4.79 Å². The number of carbonyl (C=O) groups excluding carboxylic acids is 1. The first-order chi connectivity index (χ1) is 19.7. The molecule has 4 aromatic rings. The van der Waals surface area contributed by atoms with Crippen LogP contribution in [0.25, 0.3) is 21.5 Å². The van der Waals surface area contributed by atoms with Gasteiger partial charge in [-0.05, 0) is 89.1 Å². The second kappa shape index (κ2) is 12.8. The average molecular weight is 553 g/mol. The molecule has 1 amide bonds. The van der Waals surface area contributed by atoms with E-state index >= 15 is 0 Å². The Bertz CT molecular complexity index is 1450. The van der Waals surface area contributed by atoms with Gasteiger partial charge in [0.2, 0.25) is 0 Å². The molecule has 2 aliphatic rings. The van der Waals surface area contributed by atoms with Crippen LogP contribution in [0.15, 0.2) is 78.9 Å². The predicted octanol–water partition coefficient (Wildman–Crippen LogP) is 8.57. The van der Waals surface area contributed by atoms with Gasteiger partial charge in [-0.25, -0.2) is 0 Å². The van der Waals surface area contributed by atoms with Crippen molar-refractivity contribution in [2.45, 2.75) is 63.8 Å². The second-order valence-corrected chi connectivity index (χ2v) is 13.6. The Balaban J connectivity index is 1.21. The third-order valence-electron chi connectivity index (χ3n) is 9.19. The van der Waals surface area contributed by atoms with Gasteiger partial charge in [-0.2, -0.15) is 4.18 Å². The third kappa shape index (κ3) is 6.09. The molecule has 0 aromatic heterocycles. The highest BCUT2D eigenvalue weighted by molar-refractivity contribution is 7.91. The van der Waals surface area contributed by atoms with Crippen LogP contribution in [0.5, 0.6) is 0 Å². The Morgan fingerprint density at radius 2 is 1.57 bits per heavy atom. The zero-order chi connectivity index (χ0) is 27.3. The van der Waals surface area contributed by atoms with E-state index in [1.54, 1.807) is 0 Å². The number of rotatable bonds is 9. The fourth-order valence-corrected chi connectivity index (χ4v) is 8.10. The molecule has 0 radical (unpaired) electrons. The van der Waals surface area contributed by atoms with Crippen LogP contribution in [-0.2, 0) is 21.8 Å². The first-order valence-electron chi connectivity index (χ1n) is 15.2. The maximum absolute atomic E-state index is 13.9. The largest absolute Gasteiger partial charge is 0.345 e. The van der Waals surface area contributed by atoms with Gasteiger partial charge < -0.3 is 5.32 Å². The molecule has 1 unspecified atom stereocenters. The van der Waals surface area contributed by atoms with Gasteiger partial charge in [0.15, 0.2) is 0 Å². The SMILES string of the molecule is C[S+](CCC[C@H]1CCc2ccc3ccccc3c2[C@H]1NC(=O)c1cccc2ccccc12)OCC1CCCCC1. The molecule has 208 valence electrons. The van der Waals surface area contributed by atoms with Crippen molar-refractivity contribution in [2.75, 3.05) is 18.6 Å². The summed E-state index contributed by atoms with van der Waals surface area (Å²) in [6, 6.07) is 27.4. The van der Waals surface area contributed by atoms with Crippen molar-refractivity contribution < 1.29 is 8.98 Å². The van der Waals surface area contributed by atoms with Gasteiger partial charge in [0, 0.05) is 5.56 Å². The number of fused-ring (bicyclic) bond motifs is 4. The van der Waals surface area contributed by atoms with Crippen LogP contribution in [0, 0.1) is 11.8 Å². The van der Waals surface area contributed by atoms with Crippen molar-refractivity contribution in [1.82, 2.24) is 5.32 Å². The molecule has 4 aromatic carbocycles. The molecule has 0 spiro atoms. The summed E-state index contributed by atoms with van der Waals surface area (Å²) < 4.78 is 6.33. The van der Waals surface area contributed by atoms with Gasteiger partial charge in [0.25, 0.3) is 5.91 Å². The molecule has 3 atom stereocenters. The second-order valence-electron chi connectivity index (χ2n) is 11.8. The molecule has 1 saturated carbocycles. The van der Waals surface area contributed by atoms with Crippen molar-refractivity contribution in [3.8, 4) is 0 Å². The fraction of sp³-hybridized carbons (Fsp3) is 0.417. The number of amides is 1. The molecule has 1 N–H and O–H groups in total. The van der Waals surface area contributed by atoms with Crippen LogP contribution >= 0.6 is 0 Å². The summed E-state index contributed by atoms with van der Waals surface area (Å²) in [5, 5.41) is 8.20. The van der Waals surface area contributed by atoms with Crippen molar-refractivity contribution >= 4 is 38.6 Å². The van der Waals surface area contributed by atoms with Gasteiger partial charge in [0.1, 0.15) is 29.8 Å². The molecule has 4 heteroatoms. The number of hydrogen-bond acceptors (Lipinski definition) is 2. The van der Waals surface area contributed by atoms with Gasteiger partial charge in [-0.15, -0.1) is 0 Å². The molecule has 0 bridgehead atoms. The Kier molecular flexibility index (Phi) is 8.74. The summed E-state index contributed by atoms with van der Waals surface area (Å²) in [4.78, 5) is 13.9. The van der Waals surface area contributed by atoms with E-state index in [0.717, 1.165) is 60.3 Å². The Hall–Kier alpha value is -2.82. The van der Waals surface area contributed by atoms with Crippen LogP contribution in [0.2, 0.25) is 0 Å². The van der Waals surface area contributed by atoms with Crippen molar-refractivity contribution in [3.63, 3.8) is 0 Å². The molecular weight excluding hydrogens is 510 g/mol. The van der Waals surface area contributed by atoms with Crippen LogP contribution in [0.3, 0.4) is 0 Å². The minimum Gasteiger partial charge on any atom is -0.345 e. The highest BCUT2D eigenvalue weighted by Gasteiger charge is 2.33. The summed E-state index contributed by atoms with van der Waals surface area (Å²) in [6.45, 7) is 0.937. The Labute approximate surface area is 242 Å². The third-order valence-corrected chi connectivity index (χ3v) is 10.6. The number of nitrogens with one attached hydrogen (secondary N) is 1. The van der Waals surface area contributed by atoms with E-state index < -0.39 is 0 Å². The van der Waals surface area contributed by atoms with Crippen molar-refractivity contribution in [3.05, 3.63) is 95.6 Å². The maximum Gasteiger partial charge on any atom is 0.252 e. The first kappa shape index (κ1) is 27.4. The van der Waals surface area contributed by atoms with Gasteiger partial charge >= 0.3 is 0 Å². The van der Waals surface area contributed by atoms with E-state index in [-0.39, 0.29) is 23.1 Å². The van der Waals surface area contributed by atoms with Crippen LogP contribution in [0.1, 0.15) is 78.9 Å². The van der Waals surface area contributed by atoms with Crippen molar-refractivity contribution in [1.29, 1.82) is 0 Å². The van der Waals surface area contributed by atoms with Gasteiger partial charge in [0.05, 0.1) is 6.04 Å². The normalized spacial score (nSPS) is 20.3. The maximum atomic E-state index is 13.9. The topological polar surface area (TPSA) is 38.3 Å². The smallest absolute Gasteiger partial charge is 0.252 e. The average Bonchev–Trinajstić information content (AvgIpc) is 3.00. The molecule has 1 fully saturated rings. The van der Waals surface area contributed by atoms with E-state index in [9.17, 15) is 4.79 Å². The number of hydrogen-bond donors (Lipinski definition) is 1. The zero-order valence-corrected chi connectivity index (χ0v) is 24.6. The number of carbonyl (C=O) groups is 1. The molecule has 2 aliphatic carbocycles. The minimum atomic E-state index is 0.00181. The van der Waals surface area contributed by atoms with Crippen molar-refractivity contribution in [2.24, 2.45) is 11.8 Å². The van der Waals surface area contributed by atoms with E-state index in [2.05, 4.69) is 66.2 Å². The lowest BCUT2D eigenvalue weighted by Crippen LogP contribution is -2.37. The summed E-state index contributed by atoms with van der Waals surface area (Å²) in [5.74, 6) is 2.31.